The molecule has 0 saturated carbocycles. The first kappa shape index (κ1) is 18.9. The maximum Gasteiger partial charge on any atom is 0.345 e. The van der Waals surface area contributed by atoms with Gasteiger partial charge in [0.15, 0.2) is 11.6 Å². The van der Waals surface area contributed by atoms with Crippen molar-refractivity contribution in [3.05, 3.63) is 58.3 Å². The molecule has 4 aromatic rings. The summed E-state index contributed by atoms with van der Waals surface area (Å²) >= 11 is 0. The van der Waals surface area contributed by atoms with Crippen LogP contribution < -0.4 is 21.9 Å². The number of carbonyl (C=O) groups excluding carboxylic acids is 1. The van der Waals surface area contributed by atoms with Gasteiger partial charge in [0.05, 0.1) is 31.1 Å². The number of fused-ring (bicyclic) bond motifs is 3. The normalized spacial score (nSPS) is 13.5. The maximum atomic E-state index is 13.0. The number of hydrogen-bond donors (Lipinski definition) is 2. The predicted molar refractivity (Wildman–Crippen MR) is 110 cm³/mol. The molecule has 0 bridgehead atoms. The highest BCUT2D eigenvalue weighted by Gasteiger charge is 2.31. The standard InChI is InChI=1S/C18H20N10O3/c1-20-16(29)11-8-22-25(9-11)5-6-26-17-23-15-14(28(17)24(2)18(26)30)13(21-10-27(15)19)12-4-3-7-31-12/h3-4,7-9H,5-6,10,19H2,1-2H3,(H,20,29). The van der Waals surface area contributed by atoms with Gasteiger partial charge in [0.1, 0.15) is 18.1 Å². The quantitative estimate of drug-likeness (QED) is 0.398. The third kappa shape index (κ3) is 2.85. The number of hydrogen-bond acceptors (Lipinski definition) is 8. The molecule has 0 fully saturated rings. The van der Waals surface area contributed by atoms with Gasteiger partial charge in [0, 0.05) is 20.3 Å². The van der Waals surface area contributed by atoms with Crippen molar-refractivity contribution in [1.82, 2.24) is 33.8 Å². The molecule has 0 aliphatic carbocycles. The Bertz CT molecular complexity index is 1370. The summed E-state index contributed by atoms with van der Waals surface area (Å²) in [7, 11) is 3.21. The van der Waals surface area contributed by atoms with Gasteiger partial charge >= 0.3 is 5.69 Å². The van der Waals surface area contributed by atoms with Gasteiger partial charge in [-0.2, -0.15) is 10.1 Å². The molecule has 0 atom stereocenters. The van der Waals surface area contributed by atoms with Crippen molar-refractivity contribution in [2.24, 2.45) is 17.9 Å². The molecular weight excluding hydrogens is 404 g/mol. The highest BCUT2D eigenvalue weighted by Crippen LogP contribution is 2.26. The molecule has 1 amide bonds. The Morgan fingerprint density at radius 1 is 1.35 bits per heavy atom. The Hall–Kier alpha value is -4.13. The van der Waals surface area contributed by atoms with Crippen LogP contribution in [0.1, 0.15) is 21.8 Å². The van der Waals surface area contributed by atoms with Crippen molar-refractivity contribution in [3.8, 4) is 0 Å². The highest BCUT2D eigenvalue weighted by atomic mass is 16.3. The zero-order valence-electron chi connectivity index (χ0n) is 16.9. The van der Waals surface area contributed by atoms with E-state index in [9.17, 15) is 9.59 Å². The van der Waals surface area contributed by atoms with Crippen molar-refractivity contribution in [2.45, 2.75) is 13.1 Å². The molecule has 160 valence electrons. The zero-order valence-corrected chi connectivity index (χ0v) is 16.9. The second-order valence-corrected chi connectivity index (χ2v) is 7.02. The summed E-state index contributed by atoms with van der Waals surface area (Å²) in [5.74, 6) is 7.37. The average molecular weight is 424 g/mol. The third-order valence-corrected chi connectivity index (χ3v) is 5.18. The van der Waals surface area contributed by atoms with Gasteiger partial charge in [-0.3, -0.25) is 24.0 Å². The van der Waals surface area contributed by atoms with Gasteiger partial charge in [-0.1, -0.05) is 0 Å². The van der Waals surface area contributed by atoms with Gasteiger partial charge < -0.3 is 9.73 Å². The molecule has 1 aliphatic rings. The van der Waals surface area contributed by atoms with Crippen LogP contribution in [-0.2, 0) is 20.1 Å². The molecule has 0 aromatic carbocycles. The number of amides is 1. The van der Waals surface area contributed by atoms with Crippen LogP contribution >= 0.6 is 0 Å². The van der Waals surface area contributed by atoms with Gasteiger partial charge in [0.2, 0.25) is 5.78 Å². The van der Waals surface area contributed by atoms with E-state index >= 15 is 0 Å². The van der Waals surface area contributed by atoms with E-state index in [0.717, 1.165) is 0 Å². The number of imidazole rings is 1. The summed E-state index contributed by atoms with van der Waals surface area (Å²) in [6.07, 6.45) is 4.67. The lowest BCUT2D eigenvalue weighted by Gasteiger charge is -2.20. The fourth-order valence-corrected chi connectivity index (χ4v) is 3.64. The van der Waals surface area contributed by atoms with E-state index in [-0.39, 0.29) is 18.3 Å². The summed E-state index contributed by atoms with van der Waals surface area (Å²) in [4.78, 5) is 33.8. The van der Waals surface area contributed by atoms with Crippen molar-refractivity contribution in [1.29, 1.82) is 0 Å². The highest BCUT2D eigenvalue weighted by molar-refractivity contribution is 6.14. The summed E-state index contributed by atoms with van der Waals surface area (Å²) in [5, 5.41) is 8.16. The van der Waals surface area contributed by atoms with E-state index in [1.165, 1.54) is 20.5 Å². The number of hydrazine groups is 1. The Balaban J connectivity index is 1.55. The minimum Gasteiger partial charge on any atom is -0.463 e. The zero-order chi connectivity index (χ0) is 21.7. The fraction of sp³-hybridized carbons (Fsp3) is 0.278. The second-order valence-electron chi connectivity index (χ2n) is 7.02. The number of furan rings is 1. The molecule has 3 N–H and O–H groups in total. The molecule has 13 nitrogen and oxygen atoms in total. The largest absolute Gasteiger partial charge is 0.463 e. The van der Waals surface area contributed by atoms with E-state index in [2.05, 4.69) is 20.4 Å². The molecule has 1 aliphatic heterocycles. The molecule has 31 heavy (non-hydrogen) atoms. The fourth-order valence-electron chi connectivity index (χ4n) is 3.64. The molecule has 0 unspecified atom stereocenters. The first-order chi connectivity index (χ1) is 15.0. The number of nitrogens with zero attached hydrogens (tertiary/aromatic N) is 8. The number of rotatable bonds is 5. The molecule has 5 heterocycles. The third-order valence-electron chi connectivity index (χ3n) is 5.18. The lowest BCUT2D eigenvalue weighted by atomic mass is 10.2. The summed E-state index contributed by atoms with van der Waals surface area (Å²) in [5.41, 5.74) is 1.35. The van der Waals surface area contributed by atoms with Gasteiger partial charge in [-0.15, -0.1) is 0 Å². The number of aromatic nitrogens is 6. The number of carbonyl (C=O) groups is 1. The van der Waals surface area contributed by atoms with Crippen LogP contribution in [0.4, 0.5) is 5.82 Å². The molecule has 13 heteroatoms. The average Bonchev–Trinajstić information content (AvgIpc) is 3.55. The first-order valence-electron chi connectivity index (χ1n) is 9.53. The van der Waals surface area contributed by atoms with Crippen LogP contribution in [0.3, 0.4) is 0 Å². The van der Waals surface area contributed by atoms with E-state index in [0.29, 0.717) is 47.4 Å². The predicted octanol–water partition coefficient (Wildman–Crippen LogP) is -0.828. The number of nitrogens with one attached hydrogen (secondary N) is 1. The van der Waals surface area contributed by atoms with Gasteiger partial charge in [0.25, 0.3) is 5.91 Å². The van der Waals surface area contributed by atoms with Crippen LogP contribution in [-0.4, -0.2) is 53.9 Å². The number of anilines is 1. The molecule has 4 aromatic heterocycles. The Morgan fingerprint density at radius 3 is 2.94 bits per heavy atom. The minimum atomic E-state index is -0.253. The van der Waals surface area contributed by atoms with Crippen LogP contribution in [0.25, 0.3) is 5.78 Å². The van der Waals surface area contributed by atoms with Gasteiger partial charge in [-0.25, -0.2) is 19.8 Å². The minimum absolute atomic E-state index is 0.215. The number of aliphatic imine (C=N–C) groups is 1. The van der Waals surface area contributed by atoms with Crippen molar-refractivity contribution in [2.75, 3.05) is 18.7 Å². The lowest BCUT2D eigenvalue weighted by molar-refractivity contribution is 0.0963. The monoisotopic (exact) mass is 424 g/mol. The molecule has 0 saturated heterocycles. The topological polar surface area (TPSA) is 146 Å². The van der Waals surface area contributed by atoms with E-state index in [4.69, 9.17) is 10.3 Å². The van der Waals surface area contributed by atoms with Crippen LogP contribution in [0.5, 0.6) is 0 Å². The summed E-state index contributed by atoms with van der Waals surface area (Å²) < 4.78 is 11.8. The van der Waals surface area contributed by atoms with Crippen molar-refractivity contribution in [3.63, 3.8) is 0 Å². The van der Waals surface area contributed by atoms with Crippen LogP contribution in [0.15, 0.2) is 45.0 Å². The van der Waals surface area contributed by atoms with E-state index in [1.807, 2.05) is 0 Å². The first-order valence-corrected chi connectivity index (χ1v) is 9.53. The molecular formula is C18H20N10O3. The van der Waals surface area contributed by atoms with Gasteiger partial charge in [-0.05, 0) is 12.1 Å². The number of nitrogens with two attached hydrogens (primary N) is 1. The van der Waals surface area contributed by atoms with Crippen LogP contribution in [0.2, 0.25) is 0 Å². The molecule has 0 spiro atoms. The number of aryl methyl sites for hydroxylation is 3. The molecule has 0 radical (unpaired) electrons. The Morgan fingerprint density at radius 2 is 2.19 bits per heavy atom. The summed E-state index contributed by atoms with van der Waals surface area (Å²) in [6, 6.07) is 3.57. The molecule has 5 rings (SSSR count). The SMILES string of the molecule is CNC(=O)c1cnn(CCn2c(=O)n(C)n3c4c(nc23)N(N)CN=C4c2ccco2)c1. The van der Waals surface area contributed by atoms with E-state index < -0.39 is 0 Å². The second kappa shape index (κ2) is 6.98. The summed E-state index contributed by atoms with van der Waals surface area (Å²) in [6.45, 7) is 0.887. The maximum absolute atomic E-state index is 13.0. The Kier molecular flexibility index (Phi) is 4.25. The smallest absolute Gasteiger partial charge is 0.345 e. The van der Waals surface area contributed by atoms with Crippen molar-refractivity contribution >= 4 is 23.2 Å². The lowest BCUT2D eigenvalue weighted by Crippen LogP contribution is -2.37. The Labute approximate surface area is 174 Å². The van der Waals surface area contributed by atoms with Crippen molar-refractivity contribution < 1.29 is 9.21 Å². The van der Waals surface area contributed by atoms with Crippen LogP contribution in [0, 0.1) is 0 Å². The van der Waals surface area contributed by atoms with E-state index in [1.54, 1.807) is 47.9 Å².